The molecule has 1 atom stereocenters. The Morgan fingerprint density at radius 3 is 3.07 bits per heavy atom. The van der Waals surface area contributed by atoms with Crippen molar-refractivity contribution >= 4 is 17.5 Å². The highest BCUT2D eigenvalue weighted by Crippen LogP contribution is 1.98. The number of nitrogens with zero attached hydrogens (tertiary/aromatic N) is 2. The molecule has 0 bridgehead atoms. The van der Waals surface area contributed by atoms with Crippen LogP contribution in [0.4, 0.5) is 0 Å². The van der Waals surface area contributed by atoms with Crippen LogP contribution in [0.1, 0.15) is 12.6 Å². The molecule has 0 aliphatic carbocycles. The molecule has 76 valence electrons. The van der Waals surface area contributed by atoms with Gasteiger partial charge in [0.05, 0.1) is 12.2 Å². The highest BCUT2D eigenvalue weighted by atomic mass is 35.5. The van der Waals surface area contributed by atoms with E-state index in [1.807, 2.05) is 0 Å². The van der Waals surface area contributed by atoms with Crippen LogP contribution in [-0.4, -0.2) is 21.8 Å². The van der Waals surface area contributed by atoms with Crippen molar-refractivity contribution in [1.82, 2.24) is 15.3 Å². The Labute approximate surface area is 87.7 Å². The second-order valence-electron chi connectivity index (χ2n) is 2.97. The highest BCUT2D eigenvalue weighted by Gasteiger charge is 2.10. The molecule has 0 aromatic carbocycles. The normalized spacial score (nSPS) is 12.1. The molecule has 1 unspecified atom stereocenters. The fourth-order valence-corrected chi connectivity index (χ4v) is 0.985. The molecule has 1 amide bonds. The molecule has 0 aliphatic rings. The number of carbonyl (C=O) groups is 1. The molecular formula is C9H12ClN3O. The van der Waals surface area contributed by atoms with Gasteiger partial charge < -0.3 is 5.32 Å². The third kappa shape index (κ3) is 3.30. The summed E-state index contributed by atoms with van der Waals surface area (Å²) in [5, 5.41) is 2.74. The summed E-state index contributed by atoms with van der Waals surface area (Å²) in [6, 6.07) is 1.76. The molecule has 1 aromatic heterocycles. The van der Waals surface area contributed by atoms with E-state index in [-0.39, 0.29) is 11.8 Å². The summed E-state index contributed by atoms with van der Waals surface area (Å²) in [7, 11) is 0. The molecule has 0 aliphatic heterocycles. The van der Waals surface area contributed by atoms with E-state index in [1.54, 1.807) is 19.2 Å². The third-order valence-electron chi connectivity index (χ3n) is 1.77. The van der Waals surface area contributed by atoms with Crippen molar-refractivity contribution in [1.29, 1.82) is 0 Å². The fraction of sp³-hybridized carbons (Fsp3) is 0.444. The van der Waals surface area contributed by atoms with Gasteiger partial charge in [0, 0.05) is 18.0 Å². The average Bonchev–Trinajstić information content (AvgIpc) is 2.26. The molecule has 5 heteroatoms. The van der Waals surface area contributed by atoms with E-state index < -0.39 is 0 Å². The third-order valence-corrected chi connectivity index (χ3v) is 2.23. The standard InChI is InChI=1S/C9H12ClN3O/c1-7(4-10)9(14)12-5-8-2-3-11-6-13-8/h2-3,6-7H,4-5H2,1H3,(H,12,14). The first-order chi connectivity index (χ1) is 6.74. The van der Waals surface area contributed by atoms with Gasteiger partial charge in [0.15, 0.2) is 0 Å². The summed E-state index contributed by atoms with van der Waals surface area (Å²) in [5.74, 6) is 0.104. The van der Waals surface area contributed by atoms with E-state index in [0.29, 0.717) is 12.4 Å². The lowest BCUT2D eigenvalue weighted by molar-refractivity contribution is -0.124. The van der Waals surface area contributed by atoms with Crippen LogP contribution >= 0.6 is 11.6 Å². The monoisotopic (exact) mass is 213 g/mol. The van der Waals surface area contributed by atoms with Gasteiger partial charge in [0.25, 0.3) is 0 Å². The van der Waals surface area contributed by atoms with Crippen molar-refractivity contribution in [2.24, 2.45) is 5.92 Å². The lowest BCUT2D eigenvalue weighted by Crippen LogP contribution is -2.29. The fourth-order valence-electron chi connectivity index (χ4n) is 0.845. The van der Waals surface area contributed by atoms with Crippen molar-refractivity contribution in [3.63, 3.8) is 0 Å². The van der Waals surface area contributed by atoms with Crippen LogP contribution in [-0.2, 0) is 11.3 Å². The van der Waals surface area contributed by atoms with Gasteiger partial charge in [-0.3, -0.25) is 4.79 Å². The minimum atomic E-state index is -0.168. The van der Waals surface area contributed by atoms with Gasteiger partial charge in [-0.2, -0.15) is 0 Å². The number of nitrogens with one attached hydrogen (secondary N) is 1. The first-order valence-corrected chi connectivity index (χ1v) is 4.86. The van der Waals surface area contributed by atoms with Gasteiger partial charge in [-0.15, -0.1) is 11.6 Å². The zero-order valence-electron chi connectivity index (χ0n) is 7.90. The average molecular weight is 214 g/mol. The maximum atomic E-state index is 11.3. The second-order valence-corrected chi connectivity index (χ2v) is 3.28. The smallest absolute Gasteiger partial charge is 0.224 e. The maximum Gasteiger partial charge on any atom is 0.224 e. The number of halogens is 1. The minimum absolute atomic E-state index is 0.0568. The van der Waals surface area contributed by atoms with Crippen molar-refractivity contribution in [3.8, 4) is 0 Å². The zero-order chi connectivity index (χ0) is 10.4. The minimum Gasteiger partial charge on any atom is -0.350 e. The summed E-state index contributed by atoms with van der Waals surface area (Å²) < 4.78 is 0. The number of carbonyl (C=O) groups excluding carboxylic acids is 1. The van der Waals surface area contributed by atoms with Crippen molar-refractivity contribution in [2.45, 2.75) is 13.5 Å². The van der Waals surface area contributed by atoms with Crippen LogP contribution in [0.3, 0.4) is 0 Å². The van der Waals surface area contributed by atoms with E-state index in [9.17, 15) is 4.79 Å². The zero-order valence-corrected chi connectivity index (χ0v) is 8.66. The van der Waals surface area contributed by atoms with Gasteiger partial charge in [0.1, 0.15) is 6.33 Å². The van der Waals surface area contributed by atoms with Gasteiger partial charge >= 0.3 is 0 Å². The number of aromatic nitrogens is 2. The van der Waals surface area contributed by atoms with Crippen LogP contribution in [0, 0.1) is 5.92 Å². The summed E-state index contributed by atoms with van der Waals surface area (Å²) in [5.41, 5.74) is 0.787. The quantitative estimate of drug-likeness (QED) is 0.759. The van der Waals surface area contributed by atoms with Crippen LogP contribution in [0.25, 0.3) is 0 Å². The first kappa shape index (κ1) is 10.9. The summed E-state index contributed by atoms with van der Waals surface area (Å²) in [4.78, 5) is 19.1. The van der Waals surface area contributed by atoms with Crippen molar-refractivity contribution < 1.29 is 4.79 Å². The second kappa shape index (κ2) is 5.54. The molecule has 0 spiro atoms. The van der Waals surface area contributed by atoms with E-state index in [1.165, 1.54) is 6.33 Å². The Morgan fingerprint density at radius 2 is 2.50 bits per heavy atom. The molecule has 0 radical (unpaired) electrons. The summed E-state index contributed by atoms with van der Waals surface area (Å²) in [6.07, 6.45) is 3.09. The lowest BCUT2D eigenvalue weighted by atomic mass is 10.2. The molecule has 0 saturated carbocycles. The Morgan fingerprint density at radius 1 is 1.71 bits per heavy atom. The number of hydrogen-bond donors (Lipinski definition) is 1. The topological polar surface area (TPSA) is 54.9 Å². The Hall–Kier alpha value is -1.16. The van der Waals surface area contributed by atoms with E-state index in [4.69, 9.17) is 11.6 Å². The van der Waals surface area contributed by atoms with Gasteiger partial charge in [-0.25, -0.2) is 9.97 Å². The van der Waals surface area contributed by atoms with Gasteiger partial charge in [-0.1, -0.05) is 6.92 Å². The van der Waals surface area contributed by atoms with E-state index >= 15 is 0 Å². The Balaban J connectivity index is 2.38. The van der Waals surface area contributed by atoms with E-state index in [0.717, 1.165) is 5.69 Å². The number of amides is 1. The lowest BCUT2D eigenvalue weighted by Gasteiger charge is -2.08. The molecule has 0 saturated heterocycles. The molecular weight excluding hydrogens is 202 g/mol. The molecule has 1 N–H and O–H groups in total. The highest BCUT2D eigenvalue weighted by molar-refractivity contribution is 6.19. The number of hydrogen-bond acceptors (Lipinski definition) is 3. The Bertz CT molecular complexity index is 291. The van der Waals surface area contributed by atoms with Crippen LogP contribution in [0.5, 0.6) is 0 Å². The number of rotatable bonds is 4. The first-order valence-electron chi connectivity index (χ1n) is 4.32. The predicted molar refractivity (Wildman–Crippen MR) is 53.8 cm³/mol. The molecule has 1 aromatic rings. The summed E-state index contributed by atoms with van der Waals surface area (Å²) >= 11 is 5.54. The molecule has 1 heterocycles. The predicted octanol–water partition coefficient (Wildman–Crippen LogP) is 0.968. The number of alkyl halides is 1. The van der Waals surface area contributed by atoms with Crippen molar-refractivity contribution in [3.05, 3.63) is 24.3 Å². The molecule has 4 nitrogen and oxygen atoms in total. The van der Waals surface area contributed by atoms with Gasteiger partial charge in [0.2, 0.25) is 5.91 Å². The van der Waals surface area contributed by atoms with Crippen LogP contribution in [0.15, 0.2) is 18.6 Å². The summed E-state index contributed by atoms with van der Waals surface area (Å²) in [6.45, 7) is 2.20. The van der Waals surface area contributed by atoms with Crippen molar-refractivity contribution in [2.75, 3.05) is 5.88 Å². The molecule has 0 fully saturated rings. The van der Waals surface area contributed by atoms with Crippen LogP contribution < -0.4 is 5.32 Å². The van der Waals surface area contributed by atoms with Crippen LogP contribution in [0.2, 0.25) is 0 Å². The molecule has 14 heavy (non-hydrogen) atoms. The van der Waals surface area contributed by atoms with E-state index in [2.05, 4.69) is 15.3 Å². The largest absolute Gasteiger partial charge is 0.350 e. The molecule has 1 rings (SSSR count). The SMILES string of the molecule is CC(CCl)C(=O)NCc1ccncn1. The van der Waals surface area contributed by atoms with Gasteiger partial charge in [-0.05, 0) is 6.07 Å². The Kier molecular flexibility index (Phi) is 4.32. The maximum absolute atomic E-state index is 11.3.